The largest absolute Gasteiger partial charge is 0.494 e. The summed E-state index contributed by atoms with van der Waals surface area (Å²) in [5, 5.41) is 9.27. The van der Waals surface area contributed by atoms with Gasteiger partial charge in [-0.1, -0.05) is 11.8 Å². The van der Waals surface area contributed by atoms with Crippen LogP contribution in [0.1, 0.15) is 25.0 Å². The van der Waals surface area contributed by atoms with Crippen molar-refractivity contribution in [3.05, 3.63) is 48.0 Å². The number of rotatable bonds is 4. The Balaban J connectivity index is 2.36. The van der Waals surface area contributed by atoms with Crippen molar-refractivity contribution in [2.75, 3.05) is 7.11 Å². The first-order valence-corrected chi connectivity index (χ1v) is 7.62. The minimum atomic E-state index is -0.952. The van der Waals surface area contributed by atoms with E-state index in [1.807, 2.05) is 0 Å². The van der Waals surface area contributed by atoms with Crippen LogP contribution in [-0.4, -0.2) is 32.9 Å². The minimum absolute atomic E-state index is 0.587. The molecular formula is C17H16N2O3S. The van der Waals surface area contributed by atoms with Crippen molar-refractivity contribution in [3.63, 3.8) is 0 Å². The molecule has 5 nitrogen and oxygen atoms in total. The number of nitrogens with zero attached hydrogens (tertiary/aromatic N) is 2. The van der Waals surface area contributed by atoms with Gasteiger partial charge in [-0.2, -0.15) is 0 Å². The number of carboxylic acid groups (broad SMARTS) is 1. The quantitative estimate of drug-likeness (QED) is 0.687. The van der Waals surface area contributed by atoms with Gasteiger partial charge in [-0.3, -0.25) is 14.8 Å². The van der Waals surface area contributed by atoms with E-state index in [0.717, 1.165) is 4.90 Å². The van der Waals surface area contributed by atoms with Crippen LogP contribution in [0.15, 0.2) is 41.8 Å². The van der Waals surface area contributed by atoms with Crippen molar-refractivity contribution < 1.29 is 14.6 Å². The second kappa shape index (κ2) is 7.16. The van der Waals surface area contributed by atoms with Gasteiger partial charge in [-0.15, -0.1) is 11.8 Å². The van der Waals surface area contributed by atoms with Gasteiger partial charge in [0.25, 0.3) is 0 Å². The third kappa shape index (κ3) is 4.24. The molecule has 0 aliphatic carbocycles. The standard InChI is InChI=1S/C17H16N2O3S/c1-17(2,16(20)21)23-15-7-9-18-10-13(15)5-4-12-6-8-19-11-14(12)22-3/h6-11H,1-3H3,(H,20,21). The summed E-state index contributed by atoms with van der Waals surface area (Å²) in [6.07, 6.45) is 6.48. The molecule has 0 spiro atoms. The molecule has 6 heteroatoms. The number of hydrogen-bond acceptors (Lipinski definition) is 5. The number of thioether (sulfide) groups is 1. The van der Waals surface area contributed by atoms with Crippen molar-refractivity contribution in [1.29, 1.82) is 0 Å². The van der Waals surface area contributed by atoms with Gasteiger partial charge < -0.3 is 9.84 Å². The van der Waals surface area contributed by atoms with Crippen LogP contribution in [0.25, 0.3) is 0 Å². The Morgan fingerprint density at radius 2 is 1.83 bits per heavy atom. The van der Waals surface area contributed by atoms with E-state index in [0.29, 0.717) is 16.9 Å². The molecule has 2 aromatic heterocycles. The molecular weight excluding hydrogens is 312 g/mol. The van der Waals surface area contributed by atoms with Gasteiger partial charge in [0.15, 0.2) is 5.75 Å². The van der Waals surface area contributed by atoms with Gasteiger partial charge >= 0.3 is 5.97 Å². The normalized spacial score (nSPS) is 10.6. The van der Waals surface area contributed by atoms with Crippen LogP contribution in [0, 0.1) is 11.8 Å². The Morgan fingerprint density at radius 1 is 1.17 bits per heavy atom. The number of carboxylic acids is 1. The number of carbonyl (C=O) groups is 1. The molecule has 0 unspecified atom stereocenters. The summed E-state index contributed by atoms with van der Waals surface area (Å²) in [5.74, 6) is 5.76. The lowest BCUT2D eigenvalue weighted by atomic mass is 10.2. The molecule has 0 fully saturated rings. The predicted octanol–water partition coefficient (Wildman–Crippen LogP) is 2.84. The molecule has 0 radical (unpaired) electrons. The maximum absolute atomic E-state index is 11.3. The lowest BCUT2D eigenvalue weighted by Crippen LogP contribution is -2.27. The zero-order chi connectivity index (χ0) is 16.9. The first kappa shape index (κ1) is 16.8. The summed E-state index contributed by atoms with van der Waals surface area (Å²) in [7, 11) is 1.56. The average molecular weight is 328 g/mol. The van der Waals surface area contributed by atoms with Crippen LogP contribution >= 0.6 is 11.8 Å². The van der Waals surface area contributed by atoms with E-state index >= 15 is 0 Å². The zero-order valence-electron chi connectivity index (χ0n) is 13.0. The van der Waals surface area contributed by atoms with Gasteiger partial charge in [0.1, 0.15) is 4.75 Å². The summed E-state index contributed by atoms with van der Waals surface area (Å²) >= 11 is 1.24. The predicted molar refractivity (Wildman–Crippen MR) is 88.6 cm³/mol. The van der Waals surface area contributed by atoms with Crippen molar-refractivity contribution in [2.24, 2.45) is 0 Å². The Kier molecular flexibility index (Phi) is 5.24. The molecule has 0 aliphatic rings. The number of ether oxygens (including phenoxy) is 1. The third-order valence-electron chi connectivity index (χ3n) is 3.00. The molecule has 2 rings (SSSR count). The molecule has 0 saturated carbocycles. The summed E-state index contributed by atoms with van der Waals surface area (Å²) in [6.45, 7) is 3.31. The van der Waals surface area contributed by atoms with Crippen LogP contribution in [0.4, 0.5) is 0 Å². The summed E-state index contributed by atoms with van der Waals surface area (Å²) in [5.41, 5.74) is 1.38. The molecule has 0 saturated heterocycles. The minimum Gasteiger partial charge on any atom is -0.494 e. The molecule has 2 heterocycles. The number of aliphatic carboxylic acids is 1. The molecule has 0 atom stereocenters. The highest BCUT2D eigenvalue weighted by Crippen LogP contribution is 2.34. The molecule has 0 aliphatic heterocycles. The second-order valence-corrected chi connectivity index (χ2v) is 6.78. The van der Waals surface area contributed by atoms with Crippen LogP contribution in [0.3, 0.4) is 0 Å². The summed E-state index contributed by atoms with van der Waals surface area (Å²) in [4.78, 5) is 20.1. The second-order valence-electron chi connectivity index (χ2n) is 5.12. The highest BCUT2D eigenvalue weighted by atomic mass is 32.2. The van der Waals surface area contributed by atoms with Crippen molar-refractivity contribution in [3.8, 4) is 17.6 Å². The Bertz CT molecular complexity index is 779. The number of methoxy groups -OCH3 is 1. The molecule has 23 heavy (non-hydrogen) atoms. The molecule has 2 aromatic rings. The number of hydrogen-bond donors (Lipinski definition) is 1. The van der Waals surface area contributed by atoms with E-state index in [-0.39, 0.29) is 0 Å². The van der Waals surface area contributed by atoms with Crippen molar-refractivity contribution in [1.82, 2.24) is 9.97 Å². The van der Waals surface area contributed by atoms with E-state index in [2.05, 4.69) is 21.8 Å². The fraction of sp³-hybridized carbons (Fsp3) is 0.235. The lowest BCUT2D eigenvalue weighted by molar-refractivity contribution is -0.138. The van der Waals surface area contributed by atoms with E-state index < -0.39 is 10.7 Å². The van der Waals surface area contributed by atoms with Crippen LogP contribution in [0.5, 0.6) is 5.75 Å². The first-order chi connectivity index (χ1) is 10.9. The van der Waals surface area contributed by atoms with Gasteiger partial charge in [0, 0.05) is 23.5 Å². The van der Waals surface area contributed by atoms with Crippen LogP contribution < -0.4 is 4.74 Å². The molecule has 0 aromatic carbocycles. The zero-order valence-corrected chi connectivity index (χ0v) is 13.8. The Morgan fingerprint density at radius 3 is 2.52 bits per heavy atom. The lowest BCUT2D eigenvalue weighted by Gasteiger charge is -2.18. The molecule has 1 N–H and O–H groups in total. The first-order valence-electron chi connectivity index (χ1n) is 6.80. The summed E-state index contributed by atoms with van der Waals surface area (Å²) in [6, 6.07) is 3.53. The number of aromatic nitrogens is 2. The Hall–Kier alpha value is -2.52. The maximum atomic E-state index is 11.3. The highest BCUT2D eigenvalue weighted by molar-refractivity contribution is 8.01. The smallest absolute Gasteiger partial charge is 0.319 e. The van der Waals surface area contributed by atoms with E-state index in [9.17, 15) is 9.90 Å². The van der Waals surface area contributed by atoms with Crippen molar-refractivity contribution in [2.45, 2.75) is 23.5 Å². The third-order valence-corrected chi connectivity index (χ3v) is 4.26. The van der Waals surface area contributed by atoms with Gasteiger partial charge in [-0.25, -0.2) is 0 Å². The van der Waals surface area contributed by atoms with Gasteiger partial charge in [0.05, 0.1) is 24.4 Å². The fourth-order valence-corrected chi connectivity index (χ4v) is 2.64. The van der Waals surface area contributed by atoms with Crippen LogP contribution in [-0.2, 0) is 4.79 Å². The Labute approximate surface area is 139 Å². The molecule has 0 bridgehead atoms. The maximum Gasteiger partial charge on any atom is 0.319 e. The average Bonchev–Trinajstić information content (AvgIpc) is 2.54. The highest BCUT2D eigenvalue weighted by Gasteiger charge is 2.29. The molecule has 118 valence electrons. The monoisotopic (exact) mass is 328 g/mol. The SMILES string of the molecule is COc1cnccc1C#Cc1cnccc1SC(C)(C)C(=O)O. The van der Waals surface area contributed by atoms with Gasteiger partial charge in [-0.05, 0) is 26.0 Å². The van der Waals surface area contributed by atoms with E-state index in [1.165, 1.54) is 11.8 Å². The molecule has 0 amide bonds. The fourth-order valence-electron chi connectivity index (χ4n) is 1.66. The topological polar surface area (TPSA) is 72.3 Å². The van der Waals surface area contributed by atoms with E-state index in [1.54, 1.807) is 57.9 Å². The van der Waals surface area contributed by atoms with Crippen LogP contribution in [0.2, 0.25) is 0 Å². The van der Waals surface area contributed by atoms with E-state index in [4.69, 9.17) is 4.74 Å². The van der Waals surface area contributed by atoms with Crippen molar-refractivity contribution >= 4 is 17.7 Å². The van der Waals surface area contributed by atoms with Gasteiger partial charge in [0.2, 0.25) is 0 Å². The number of pyridine rings is 2. The summed E-state index contributed by atoms with van der Waals surface area (Å²) < 4.78 is 4.26.